The average Bonchev–Trinajstić information content (AvgIpc) is 0.961. The van der Waals surface area contributed by atoms with Gasteiger partial charge in [0.1, 0.15) is 19.3 Å². The molecule has 100 heavy (non-hydrogen) atoms. The highest BCUT2D eigenvalue weighted by Crippen LogP contribution is 2.45. The molecule has 3 N–H and O–H groups in total. The largest absolute Gasteiger partial charge is 0.472 e. The number of phosphoric acid groups is 2. The maximum Gasteiger partial charge on any atom is 0.472 e. The van der Waals surface area contributed by atoms with Gasteiger partial charge in [0.05, 0.1) is 26.4 Å². The molecule has 3 unspecified atom stereocenters. The number of allylic oxidation sites excluding steroid dienone is 4. The van der Waals surface area contributed by atoms with E-state index in [4.69, 9.17) is 37.0 Å². The first-order valence-corrected chi connectivity index (χ1v) is 44.3. The second-order valence-electron chi connectivity index (χ2n) is 29.2. The fourth-order valence-electron chi connectivity index (χ4n) is 12.0. The lowest BCUT2D eigenvalue weighted by Gasteiger charge is -2.21. The molecule has 590 valence electrons. The highest BCUT2D eigenvalue weighted by atomic mass is 31.2. The van der Waals surface area contributed by atoms with Crippen molar-refractivity contribution in [2.45, 2.75) is 419 Å². The first-order chi connectivity index (χ1) is 48.4. The molecule has 19 heteroatoms. The molecule has 0 aliphatic carbocycles. The van der Waals surface area contributed by atoms with Gasteiger partial charge in [-0.2, -0.15) is 0 Å². The van der Waals surface area contributed by atoms with Crippen molar-refractivity contribution in [3.8, 4) is 0 Å². The van der Waals surface area contributed by atoms with Crippen LogP contribution >= 0.6 is 15.6 Å². The molecule has 6 atom stereocenters. The Morgan fingerprint density at radius 3 is 0.900 bits per heavy atom. The SMILES string of the molecule is CCCCCC/C=C\C=C/CCCCCCCC(=O)OC[C@H](COP(=O)(O)OC[C@@H](O)COP(=O)(O)OC[C@@H](COC(=O)CCCCCCCCC(C)CC)OC(=O)CCCCCCCCCCCCCCC(C)C)OC(=O)CCCCCCCCCCCCCCCCCCCCCC. The summed E-state index contributed by atoms with van der Waals surface area (Å²) < 4.78 is 68.7. The second kappa shape index (κ2) is 72.1. The molecule has 0 saturated heterocycles. The highest BCUT2D eigenvalue weighted by molar-refractivity contribution is 7.47. The van der Waals surface area contributed by atoms with Crippen molar-refractivity contribution in [1.82, 2.24) is 0 Å². The van der Waals surface area contributed by atoms with Crippen LogP contribution in [0.2, 0.25) is 0 Å². The number of hydrogen-bond acceptors (Lipinski definition) is 15. The minimum atomic E-state index is -4.97. The number of ether oxygens (including phenoxy) is 4. The summed E-state index contributed by atoms with van der Waals surface area (Å²) in [5.74, 6) is -0.637. The molecule has 17 nitrogen and oxygen atoms in total. The van der Waals surface area contributed by atoms with Crippen LogP contribution in [0, 0.1) is 11.8 Å². The summed E-state index contributed by atoms with van der Waals surface area (Å²) in [4.78, 5) is 73.0. The number of hydrogen-bond donors (Lipinski definition) is 3. The average molecular weight is 1460 g/mol. The van der Waals surface area contributed by atoms with Gasteiger partial charge in [-0.05, 0) is 63.2 Å². The Kier molecular flexibility index (Phi) is 70.3. The molecule has 0 amide bonds. The number of unbranched alkanes of at least 4 members (excludes halogenated alkanes) is 44. The number of esters is 4. The number of aliphatic hydroxyl groups excluding tert-OH is 1. The van der Waals surface area contributed by atoms with Crippen LogP contribution in [0.1, 0.15) is 401 Å². The molecule has 0 spiro atoms. The maximum atomic E-state index is 13.1. The fraction of sp³-hybridized carbons (Fsp3) is 0.901. The van der Waals surface area contributed by atoms with E-state index in [2.05, 4.69) is 65.8 Å². The predicted octanol–water partition coefficient (Wildman–Crippen LogP) is 23.8. The van der Waals surface area contributed by atoms with Gasteiger partial charge >= 0.3 is 39.5 Å². The lowest BCUT2D eigenvalue weighted by molar-refractivity contribution is -0.161. The quantitative estimate of drug-likeness (QED) is 0.0169. The molecule has 0 radical (unpaired) electrons. The van der Waals surface area contributed by atoms with Crippen molar-refractivity contribution in [3.05, 3.63) is 24.3 Å². The van der Waals surface area contributed by atoms with E-state index < -0.39 is 97.5 Å². The summed E-state index contributed by atoms with van der Waals surface area (Å²) in [6.07, 6.45) is 64.7. The number of carbonyl (C=O) groups excluding carboxylic acids is 4. The van der Waals surface area contributed by atoms with Gasteiger partial charge in [-0.25, -0.2) is 9.13 Å². The van der Waals surface area contributed by atoms with Crippen LogP contribution in [0.25, 0.3) is 0 Å². The minimum absolute atomic E-state index is 0.102. The Labute approximate surface area is 612 Å². The number of carbonyl (C=O) groups is 4. The molecule has 0 aliphatic heterocycles. The van der Waals surface area contributed by atoms with Crippen molar-refractivity contribution >= 4 is 39.5 Å². The number of aliphatic hydroxyl groups is 1. The van der Waals surface area contributed by atoms with Gasteiger partial charge in [0, 0.05) is 25.7 Å². The molecule has 0 aliphatic rings. The predicted molar refractivity (Wildman–Crippen MR) is 409 cm³/mol. The Morgan fingerprint density at radius 2 is 0.590 bits per heavy atom. The van der Waals surface area contributed by atoms with E-state index in [9.17, 15) is 43.2 Å². The van der Waals surface area contributed by atoms with Crippen molar-refractivity contribution < 1.29 is 80.2 Å². The summed E-state index contributed by atoms with van der Waals surface area (Å²) >= 11 is 0. The Bertz CT molecular complexity index is 2020. The summed E-state index contributed by atoms with van der Waals surface area (Å²) in [6, 6.07) is 0. The molecular formula is C81H154O17P2. The molecular weight excluding hydrogens is 1310 g/mol. The fourth-order valence-corrected chi connectivity index (χ4v) is 13.5. The summed E-state index contributed by atoms with van der Waals surface area (Å²) in [5.41, 5.74) is 0. The standard InChI is InChI=1S/C81H154O17P2/c1-7-10-12-14-16-18-20-22-24-25-26-27-28-30-32-37-41-45-53-59-65-80(85)97-76(69-91-78(83)63-57-51-44-40-36-31-29-23-21-19-17-15-13-11-8-2)71-95-99(87,88)93-67-75(82)68-94-100(89,90)96-72-77(70-92-79(84)64-58-52-48-47-50-56-62-74(6)9-3)98-81(86)66-60-54-46-42-38-34-33-35-39-43-49-55-61-73(4)5/h19,21,23,29,73-77,82H,7-18,20,22,24-28,30-72H2,1-6H3,(H,87,88)(H,89,90)/b21-19-,29-23-/t74?,75-,76-,77-/m1/s1. The van der Waals surface area contributed by atoms with Crippen LogP contribution < -0.4 is 0 Å². The normalized spacial score (nSPS) is 14.3. The second-order valence-corrected chi connectivity index (χ2v) is 32.1. The molecule has 0 heterocycles. The van der Waals surface area contributed by atoms with Crippen molar-refractivity contribution in [1.29, 1.82) is 0 Å². The highest BCUT2D eigenvalue weighted by Gasteiger charge is 2.30. The van der Waals surface area contributed by atoms with Crippen LogP contribution in [0.15, 0.2) is 24.3 Å². The van der Waals surface area contributed by atoms with Gasteiger partial charge in [-0.1, -0.05) is 348 Å². The van der Waals surface area contributed by atoms with Crippen molar-refractivity contribution in [2.75, 3.05) is 39.6 Å². The van der Waals surface area contributed by atoms with E-state index in [0.717, 1.165) is 127 Å². The van der Waals surface area contributed by atoms with Gasteiger partial charge in [-0.3, -0.25) is 37.3 Å². The summed E-state index contributed by atoms with van der Waals surface area (Å²) in [5, 5.41) is 10.6. The third kappa shape index (κ3) is 72.5. The first-order valence-electron chi connectivity index (χ1n) is 41.3. The van der Waals surface area contributed by atoms with Gasteiger partial charge in [-0.15, -0.1) is 0 Å². The lowest BCUT2D eigenvalue weighted by Crippen LogP contribution is -2.30. The van der Waals surface area contributed by atoms with Crippen LogP contribution in [0.3, 0.4) is 0 Å². The minimum Gasteiger partial charge on any atom is -0.462 e. The van der Waals surface area contributed by atoms with Gasteiger partial charge in [0.15, 0.2) is 12.2 Å². The molecule has 0 bridgehead atoms. The van der Waals surface area contributed by atoms with Crippen molar-refractivity contribution in [2.24, 2.45) is 11.8 Å². The van der Waals surface area contributed by atoms with E-state index in [0.29, 0.717) is 25.7 Å². The Morgan fingerprint density at radius 1 is 0.330 bits per heavy atom. The summed E-state index contributed by atoms with van der Waals surface area (Å²) in [7, 11) is -9.93. The Balaban J connectivity index is 5.27. The van der Waals surface area contributed by atoms with E-state index in [1.165, 1.54) is 193 Å². The zero-order chi connectivity index (χ0) is 73.5. The molecule has 0 rings (SSSR count). The van der Waals surface area contributed by atoms with Crippen LogP contribution in [-0.4, -0.2) is 96.7 Å². The third-order valence-corrected chi connectivity index (χ3v) is 20.6. The Hall–Kier alpha value is -2.46. The van der Waals surface area contributed by atoms with Crippen LogP contribution in [0.4, 0.5) is 0 Å². The smallest absolute Gasteiger partial charge is 0.462 e. The van der Waals surface area contributed by atoms with Crippen LogP contribution in [0.5, 0.6) is 0 Å². The van der Waals surface area contributed by atoms with Gasteiger partial charge in [0.2, 0.25) is 0 Å². The van der Waals surface area contributed by atoms with Gasteiger partial charge < -0.3 is 33.8 Å². The number of phosphoric ester groups is 2. The lowest BCUT2D eigenvalue weighted by atomic mass is 10.00. The molecule has 0 aromatic carbocycles. The number of rotatable bonds is 78. The first kappa shape index (κ1) is 97.5. The zero-order valence-electron chi connectivity index (χ0n) is 65.0. The zero-order valence-corrected chi connectivity index (χ0v) is 66.8. The molecule has 0 fully saturated rings. The molecule has 0 aromatic heterocycles. The van der Waals surface area contributed by atoms with Crippen LogP contribution in [-0.2, 0) is 65.4 Å². The van der Waals surface area contributed by atoms with E-state index in [1.807, 2.05) is 0 Å². The monoisotopic (exact) mass is 1460 g/mol. The van der Waals surface area contributed by atoms with E-state index >= 15 is 0 Å². The molecule has 0 saturated carbocycles. The van der Waals surface area contributed by atoms with Crippen molar-refractivity contribution in [3.63, 3.8) is 0 Å². The molecule has 0 aromatic rings. The topological polar surface area (TPSA) is 237 Å². The maximum absolute atomic E-state index is 13.1. The van der Waals surface area contributed by atoms with Gasteiger partial charge in [0.25, 0.3) is 0 Å². The summed E-state index contributed by atoms with van der Waals surface area (Å²) in [6.45, 7) is 9.53. The van der Waals surface area contributed by atoms with E-state index in [1.54, 1.807) is 0 Å². The van der Waals surface area contributed by atoms with E-state index in [-0.39, 0.29) is 25.7 Å². The third-order valence-electron chi connectivity index (χ3n) is 18.7.